The van der Waals surface area contributed by atoms with Gasteiger partial charge in [-0.1, -0.05) is 12.6 Å². The maximum atomic E-state index is 15.7. The van der Waals surface area contributed by atoms with Gasteiger partial charge in [0, 0.05) is 44.2 Å². The van der Waals surface area contributed by atoms with Crippen LogP contribution >= 0.6 is 0 Å². The summed E-state index contributed by atoms with van der Waals surface area (Å²) in [6.07, 6.45) is 3.00. The topological polar surface area (TPSA) is 106 Å². The van der Waals surface area contributed by atoms with Gasteiger partial charge in [0.25, 0.3) is 5.56 Å². The molecule has 0 unspecified atom stereocenters. The van der Waals surface area contributed by atoms with E-state index >= 15 is 4.39 Å². The van der Waals surface area contributed by atoms with Crippen LogP contribution < -0.4 is 10.5 Å². The fourth-order valence-electron chi connectivity index (χ4n) is 5.55. The van der Waals surface area contributed by atoms with E-state index in [0.29, 0.717) is 26.2 Å². The average Bonchev–Trinajstić information content (AvgIpc) is 3.34. The van der Waals surface area contributed by atoms with Gasteiger partial charge in [-0.3, -0.25) is 14.2 Å². The van der Waals surface area contributed by atoms with E-state index in [0.717, 1.165) is 31.5 Å². The minimum Gasteiger partial charge on any atom is -0.507 e. The summed E-state index contributed by atoms with van der Waals surface area (Å²) in [6, 6.07) is 6.79. The average molecular weight is 535 g/mol. The number of aromatic nitrogens is 2. The summed E-state index contributed by atoms with van der Waals surface area (Å²) in [4.78, 5) is 35.8. The second-order valence-electron chi connectivity index (χ2n) is 9.87. The molecule has 4 heterocycles. The van der Waals surface area contributed by atoms with Gasteiger partial charge in [0.2, 0.25) is 5.91 Å². The summed E-state index contributed by atoms with van der Waals surface area (Å²) >= 11 is 0. The van der Waals surface area contributed by atoms with Crippen LogP contribution in [0.1, 0.15) is 18.4 Å². The van der Waals surface area contributed by atoms with Gasteiger partial charge in [-0.15, -0.1) is 0 Å². The molecule has 2 aliphatic rings. The first kappa shape index (κ1) is 26.3. The first-order chi connectivity index (χ1) is 18.7. The molecule has 0 aliphatic carbocycles. The van der Waals surface area contributed by atoms with Gasteiger partial charge in [-0.2, -0.15) is 5.26 Å². The number of likely N-dealkylation sites (N-methyl/N-ethyl adjacent to an activating group) is 1. The Bertz CT molecular complexity index is 1550. The molecule has 39 heavy (non-hydrogen) atoms. The Kier molecular flexibility index (Phi) is 7.06. The van der Waals surface area contributed by atoms with Crippen LogP contribution in [0.4, 0.5) is 14.5 Å². The van der Waals surface area contributed by atoms with Gasteiger partial charge in [0.05, 0.1) is 11.3 Å². The van der Waals surface area contributed by atoms with E-state index in [1.165, 1.54) is 22.8 Å². The van der Waals surface area contributed by atoms with E-state index in [1.807, 2.05) is 13.1 Å². The number of phenols is 1. The molecule has 1 N–H and O–H groups in total. The molecule has 0 saturated carbocycles. The Morgan fingerprint density at radius 3 is 2.59 bits per heavy atom. The summed E-state index contributed by atoms with van der Waals surface area (Å²) in [5, 5.41) is 20.7. The molecule has 0 spiro atoms. The van der Waals surface area contributed by atoms with Crippen LogP contribution in [-0.4, -0.2) is 76.2 Å². The minimum atomic E-state index is -0.906. The van der Waals surface area contributed by atoms with Crippen molar-refractivity contribution in [3.05, 3.63) is 64.5 Å². The zero-order valence-corrected chi connectivity index (χ0v) is 21.5. The van der Waals surface area contributed by atoms with Crippen molar-refractivity contribution in [2.45, 2.75) is 25.4 Å². The van der Waals surface area contributed by atoms with Gasteiger partial charge in [0.15, 0.2) is 5.82 Å². The number of carbonyl (C=O) groups is 1. The van der Waals surface area contributed by atoms with E-state index in [9.17, 15) is 24.3 Å². The van der Waals surface area contributed by atoms with Crippen LogP contribution in [0.5, 0.6) is 5.75 Å². The minimum absolute atomic E-state index is 0.00563. The molecule has 0 radical (unpaired) electrons. The molecule has 5 rings (SSSR count). The van der Waals surface area contributed by atoms with Crippen LogP contribution in [0.15, 0.2) is 41.7 Å². The Labute approximate surface area is 223 Å². The number of likely N-dealkylation sites (tertiary alicyclic amines) is 1. The molecular formula is C28H28F2N6O3. The number of amides is 1. The number of halogens is 2. The fraction of sp³-hybridized carbons (Fsp3) is 0.357. The second-order valence-corrected chi connectivity index (χ2v) is 9.87. The molecule has 0 bridgehead atoms. The van der Waals surface area contributed by atoms with Crippen LogP contribution in [0.2, 0.25) is 0 Å². The molecule has 202 valence electrons. The van der Waals surface area contributed by atoms with Gasteiger partial charge < -0.3 is 19.8 Å². The number of fused-ring (bicyclic) bond motifs is 1. The fourth-order valence-corrected chi connectivity index (χ4v) is 5.55. The van der Waals surface area contributed by atoms with Crippen molar-refractivity contribution in [3.63, 3.8) is 0 Å². The lowest BCUT2D eigenvalue weighted by Crippen LogP contribution is -2.49. The van der Waals surface area contributed by atoms with Crippen LogP contribution in [-0.2, 0) is 11.3 Å². The van der Waals surface area contributed by atoms with Crippen molar-refractivity contribution in [1.82, 2.24) is 19.4 Å². The monoisotopic (exact) mass is 534 g/mol. The van der Waals surface area contributed by atoms with Crippen molar-refractivity contribution < 1.29 is 18.7 Å². The molecule has 2 saturated heterocycles. The Balaban J connectivity index is 1.74. The number of nitriles is 1. The lowest BCUT2D eigenvalue weighted by molar-refractivity contribution is -0.126. The third-order valence-electron chi connectivity index (χ3n) is 7.65. The van der Waals surface area contributed by atoms with E-state index in [1.54, 1.807) is 9.80 Å². The lowest BCUT2D eigenvalue weighted by atomic mass is 10.0. The van der Waals surface area contributed by atoms with Gasteiger partial charge in [-0.05, 0) is 50.7 Å². The number of aromatic hydroxyl groups is 1. The van der Waals surface area contributed by atoms with Crippen LogP contribution in [0, 0.1) is 23.0 Å². The number of anilines is 1. The zero-order valence-electron chi connectivity index (χ0n) is 21.5. The quantitative estimate of drug-likeness (QED) is 0.502. The van der Waals surface area contributed by atoms with Crippen molar-refractivity contribution in [3.8, 4) is 23.1 Å². The summed E-state index contributed by atoms with van der Waals surface area (Å²) in [6.45, 7) is 5.83. The summed E-state index contributed by atoms with van der Waals surface area (Å²) < 4.78 is 31.8. The summed E-state index contributed by atoms with van der Waals surface area (Å²) in [5.41, 5.74) is -1.23. The Morgan fingerprint density at radius 2 is 1.97 bits per heavy atom. The van der Waals surface area contributed by atoms with Crippen molar-refractivity contribution in [2.75, 3.05) is 44.7 Å². The normalized spacial score (nSPS) is 17.9. The third kappa shape index (κ3) is 4.61. The van der Waals surface area contributed by atoms with Crippen LogP contribution in [0.25, 0.3) is 22.3 Å². The van der Waals surface area contributed by atoms with E-state index in [4.69, 9.17) is 0 Å². The molecular weight excluding hydrogens is 506 g/mol. The van der Waals surface area contributed by atoms with E-state index in [2.05, 4.69) is 16.5 Å². The number of nitrogens with zero attached hydrogens (tertiary/aromatic N) is 6. The molecule has 2 aliphatic heterocycles. The zero-order chi connectivity index (χ0) is 27.8. The maximum absolute atomic E-state index is 15.7. The highest BCUT2D eigenvalue weighted by Gasteiger charge is 2.30. The predicted octanol–water partition coefficient (Wildman–Crippen LogP) is 2.85. The number of carbonyl (C=O) groups excluding carboxylic acids is 1. The Hall–Kier alpha value is -4.30. The predicted molar refractivity (Wildman–Crippen MR) is 142 cm³/mol. The maximum Gasteiger partial charge on any atom is 0.272 e. The Morgan fingerprint density at radius 1 is 1.23 bits per heavy atom. The highest BCUT2D eigenvalue weighted by molar-refractivity contribution is 5.95. The number of hydrogen-bond acceptors (Lipinski definition) is 7. The number of pyridine rings is 2. The summed E-state index contributed by atoms with van der Waals surface area (Å²) in [7, 11) is 1.95. The molecule has 2 aromatic heterocycles. The molecule has 2 fully saturated rings. The van der Waals surface area contributed by atoms with Gasteiger partial charge in [-0.25, -0.2) is 13.8 Å². The summed E-state index contributed by atoms with van der Waals surface area (Å²) in [5.74, 6) is -2.47. The highest BCUT2D eigenvalue weighted by atomic mass is 19.1. The van der Waals surface area contributed by atoms with Gasteiger partial charge in [0.1, 0.15) is 34.5 Å². The van der Waals surface area contributed by atoms with Crippen LogP contribution in [0.3, 0.4) is 0 Å². The standard InChI is InChI=1S/C28H28F2N6O3/c1-3-23(38)34-10-12-35(13-11-34)26-18-14-21(30)25(24-20(29)7-4-8-22(24)37)32-27(18)36(28(39)19(26)15-31)16-17-6-5-9-33(17)2/h3-4,7-8,14,17,37H,1,5-6,9-13,16H2,2H3/t17-/m0/s1. The molecule has 3 aromatic rings. The molecule has 1 aromatic carbocycles. The van der Waals surface area contributed by atoms with Crippen molar-refractivity contribution >= 4 is 22.6 Å². The first-order valence-corrected chi connectivity index (χ1v) is 12.8. The van der Waals surface area contributed by atoms with Crippen molar-refractivity contribution in [1.29, 1.82) is 5.26 Å². The molecule has 1 amide bonds. The number of piperazine rings is 1. The molecule has 9 nitrogen and oxygen atoms in total. The second kappa shape index (κ2) is 10.5. The molecule has 11 heteroatoms. The highest BCUT2D eigenvalue weighted by Crippen LogP contribution is 2.36. The first-order valence-electron chi connectivity index (χ1n) is 12.8. The number of phenolic OH excluding ortho intramolecular Hbond substituents is 1. The van der Waals surface area contributed by atoms with E-state index < -0.39 is 34.2 Å². The van der Waals surface area contributed by atoms with E-state index in [-0.39, 0.29) is 40.8 Å². The van der Waals surface area contributed by atoms with Crippen molar-refractivity contribution in [2.24, 2.45) is 0 Å². The number of rotatable bonds is 5. The molecule has 1 atom stereocenters. The van der Waals surface area contributed by atoms with Gasteiger partial charge >= 0.3 is 0 Å². The SMILES string of the molecule is C=CC(=O)N1CCN(c2c(C#N)c(=O)n(C[C@@H]3CCCN3C)c3nc(-c4c(O)cccc4F)c(F)cc23)CC1. The largest absolute Gasteiger partial charge is 0.507 e. The number of benzene rings is 1. The third-order valence-corrected chi connectivity index (χ3v) is 7.65. The smallest absolute Gasteiger partial charge is 0.272 e. The number of hydrogen-bond donors (Lipinski definition) is 1. The lowest BCUT2D eigenvalue weighted by Gasteiger charge is -2.36.